The van der Waals surface area contributed by atoms with Crippen molar-refractivity contribution in [2.45, 2.75) is 0 Å². The third-order valence-electron chi connectivity index (χ3n) is 4.70. The lowest BCUT2D eigenvalue weighted by atomic mass is 10.0. The third kappa shape index (κ3) is 2.33. The second-order valence-corrected chi connectivity index (χ2v) is 7.03. The van der Waals surface area contributed by atoms with E-state index in [1.54, 1.807) is 35.9 Å². The molecule has 128 valence electrons. The van der Waals surface area contributed by atoms with Crippen LogP contribution in [-0.2, 0) is 14.1 Å². The lowest BCUT2D eigenvalue weighted by molar-refractivity contribution is 0.846. The molecule has 4 nitrogen and oxygen atoms in total. The van der Waals surface area contributed by atoms with Crippen LogP contribution >= 0.6 is 23.2 Å². The highest BCUT2D eigenvalue weighted by Crippen LogP contribution is 2.33. The Labute approximate surface area is 159 Å². The molecule has 26 heavy (non-hydrogen) atoms. The zero-order chi connectivity index (χ0) is 18.6. The van der Waals surface area contributed by atoms with Gasteiger partial charge in [0, 0.05) is 41.0 Å². The molecule has 0 N–H and O–H groups in total. The van der Waals surface area contributed by atoms with Gasteiger partial charge in [-0.05, 0) is 36.4 Å². The van der Waals surface area contributed by atoms with E-state index in [2.05, 4.69) is 6.07 Å². The van der Waals surface area contributed by atoms with Crippen LogP contribution < -0.4 is 5.56 Å². The predicted molar refractivity (Wildman–Crippen MR) is 106 cm³/mol. The van der Waals surface area contributed by atoms with E-state index in [-0.39, 0.29) is 5.56 Å². The van der Waals surface area contributed by atoms with E-state index in [0.29, 0.717) is 26.7 Å². The van der Waals surface area contributed by atoms with Gasteiger partial charge in [0.2, 0.25) is 0 Å². The summed E-state index contributed by atoms with van der Waals surface area (Å²) in [6.07, 6.45) is 0. The van der Waals surface area contributed by atoms with Crippen LogP contribution in [0.15, 0.2) is 47.3 Å². The van der Waals surface area contributed by atoms with Crippen LogP contribution in [0.4, 0.5) is 0 Å². The number of benzene rings is 2. The number of halogens is 2. The third-order valence-corrected chi connectivity index (χ3v) is 5.25. The largest absolute Gasteiger partial charge is 0.330 e. The molecule has 2 aromatic heterocycles. The zero-order valence-electron chi connectivity index (χ0n) is 14.0. The van der Waals surface area contributed by atoms with Crippen molar-refractivity contribution >= 4 is 45.1 Å². The maximum Gasteiger partial charge on any atom is 0.259 e. The summed E-state index contributed by atoms with van der Waals surface area (Å²) in [6, 6.07) is 14.6. The summed E-state index contributed by atoms with van der Waals surface area (Å²) in [5.41, 5.74) is 3.30. The molecule has 2 aromatic carbocycles. The molecule has 0 radical (unpaired) electrons. The Kier molecular flexibility index (Phi) is 3.80. The molecule has 6 heteroatoms. The minimum absolute atomic E-state index is 0.145. The fourth-order valence-corrected chi connectivity index (χ4v) is 3.97. The highest BCUT2D eigenvalue weighted by molar-refractivity contribution is 6.36. The number of pyridine rings is 1. The summed E-state index contributed by atoms with van der Waals surface area (Å²) in [4.78, 5) is 13.0. The highest BCUT2D eigenvalue weighted by Gasteiger charge is 2.17. The Balaban J connectivity index is 2.17. The van der Waals surface area contributed by atoms with Gasteiger partial charge in [0.1, 0.15) is 5.65 Å². The van der Waals surface area contributed by atoms with Gasteiger partial charge in [-0.3, -0.25) is 9.36 Å². The molecule has 0 bridgehead atoms. The average molecular weight is 382 g/mol. The van der Waals surface area contributed by atoms with Gasteiger partial charge in [0.25, 0.3) is 5.56 Å². The van der Waals surface area contributed by atoms with E-state index < -0.39 is 0 Å². The molecular weight excluding hydrogens is 369 g/mol. The van der Waals surface area contributed by atoms with Gasteiger partial charge in [-0.1, -0.05) is 29.3 Å². The molecule has 0 aliphatic rings. The fourth-order valence-electron chi connectivity index (χ4n) is 3.46. The van der Waals surface area contributed by atoms with Crippen LogP contribution in [0, 0.1) is 11.3 Å². The number of rotatable bonds is 1. The average Bonchev–Trinajstić information content (AvgIpc) is 2.90. The second-order valence-electron chi connectivity index (χ2n) is 6.19. The van der Waals surface area contributed by atoms with E-state index in [9.17, 15) is 10.1 Å². The van der Waals surface area contributed by atoms with E-state index in [4.69, 9.17) is 23.2 Å². The number of hydrogen-bond acceptors (Lipinski definition) is 2. The summed E-state index contributed by atoms with van der Waals surface area (Å²) in [5, 5.41) is 12.0. The highest BCUT2D eigenvalue weighted by atomic mass is 35.5. The number of fused-ring (bicyclic) bond motifs is 3. The maximum absolute atomic E-state index is 13.0. The van der Waals surface area contributed by atoms with E-state index in [1.807, 2.05) is 29.8 Å². The standard InChI is InChI=1S/C20H13Cl2N3O/c1-24-18-6-3-11(10-23)7-14(18)15-9-16(20(26)25(2)19(15)24)13-5-4-12(21)8-17(13)22/h3-9H,1-2H3. The summed E-state index contributed by atoms with van der Waals surface area (Å²) < 4.78 is 3.57. The van der Waals surface area contributed by atoms with Crippen molar-refractivity contribution in [3.05, 3.63) is 68.4 Å². The summed E-state index contributed by atoms with van der Waals surface area (Å²) in [6.45, 7) is 0. The van der Waals surface area contributed by atoms with Crippen LogP contribution in [-0.4, -0.2) is 9.13 Å². The second kappa shape index (κ2) is 5.91. The summed E-state index contributed by atoms with van der Waals surface area (Å²) in [5.74, 6) is 0. The minimum Gasteiger partial charge on any atom is -0.330 e. The van der Waals surface area contributed by atoms with Gasteiger partial charge in [-0.2, -0.15) is 5.26 Å². The first-order chi connectivity index (χ1) is 12.4. The monoisotopic (exact) mass is 381 g/mol. The molecular formula is C20H13Cl2N3O. The maximum atomic E-state index is 13.0. The SMILES string of the molecule is Cn1c(=O)c(-c2ccc(Cl)cc2Cl)cc2c3cc(C#N)ccc3n(C)c21. The molecule has 0 fully saturated rings. The quantitative estimate of drug-likeness (QED) is 0.471. The van der Waals surface area contributed by atoms with Crippen molar-refractivity contribution in [2.75, 3.05) is 0 Å². The number of aryl methyl sites for hydroxylation is 2. The Hall–Kier alpha value is -2.74. The van der Waals surface area contributed by atoms with Crippen LogP contribution in [0.25, 0.3) is 33.1 Å². The van der Waals surface area contributed by atoms with Gasteiger partial charge >= 0.3 is 0 Å². The van der Waals surface area contributed by atoms with Crippen molar-refractivity contribution < 1.29 is 0 Å². The van der Waals surface area contributed by atoms with Crippen molar-refractivity contribution in [2.24, 2.45) is 14.1 Å². The van der Waals surface area contributed by atoms with Crippen LogP contribution in [0.2, 0.25) is 10.0 Å². The topological polar surface area (TPSA) is 50.7 Å². The summed E-state index contributed by atoms with van der Waals surface area (Å²) in [7, 11) is 3.65. The molecule has 4 aromatic rings. The molecule has 0 atom stereocenters. The molecule has 0 aliphatic heterocycles. The van der Waals surface area contributed by atoms with Crippen molar-refractivity contribution in [1.29, 1.82) is 5.26 Å². The molecule has 2 heterocycles. The summed E-state index contributed by atoms with van der Waals surface area (Å²) >= 11 is 12.3. The zero-order valence-corrected chi connectivity index (χ0v) is 15.6. The molecule has 0 spiro atoms. The van der Waals surface area contributed by atoms with Gasteiger partial charge in [-0.25, -0.2) is 0 Å². The molecule has 0 saturated carbocycles. The number of hydrogen-bond donors (Lipinski definition) is 0. The lowest BCUT2D eigenvalue weighted by Crippen LogP contribution is -2.20. The Morgan fingerprint density at radius 2 is 1.69 bits per heavy atom. The first-order valence-corrected chi connectivity index (χ1v) is 8.65. The van der Waals surface area contributed by atoms with E-state index in [0.717, 1.165) is 21.9 Å². The van der Waals surface area contributed by atoms with Gasteiger partial charge < -0.3 is 4.57 Å². The lowest BCUT2D eigenvalue weighted by Gasteiger charge is -2.09. The first kappa shape index (κ1) is 16.7. The van der Waals surface area contributed by atoms with Gasteiger partial charge in [0.05, 0.1) is 22.2 Å². The fraction of sp³-hybridized carbons (Fsp3) is 0.100. The van der Waals surface area contributed by atoms with E-state index >= 15 is 0 Å². The first-order valence-electron chi connectivity index (χ1n) is 7.90. The van der Waals surface area contributed by atoms with Gasteiger partial charge in [0.15, 0.2) is 0 Å². The molecule has 0 saturated heterocycles. The van der Waals surface area contributed by atoms with Crippen molar-refractivity contribution in [3.63, 3.8) is 0 Å². The van der Waals surface area contributed by atoms with E-state index in [1.165, 1.54) is 0 Å². The number of nitrogens with zero attached hydrogens (tertiary/aromatic N) is 3. The smallest absolute Gasteiger partial charge is 0.259 e. The van der Waals surface area contributed by atoms with Gasteiger partial charge in [-0.15, -0.1) is 0 Å². The normalized spacial score (nSPS) is 11.2. The molecule has 0 unspecified atom stereocenters. The molecule has 0 amide bonds. The van der Waals surface area contributed by atoms with Crippen LogP contribution in [0.3, 0.4) is 0 Å². The number of aromatic nitrogens is 2. The Morgan fingerprint density at radius 1 is 0.923 bits per heavy atom. The molecule has 4 rings (SSSR count). The Bertz CT molecular complexity index is 1310. The number of nitriles is 1. The predicted octanol–water partition coefficient (Wildman–Crippen LogP) is 4.88. The van der Waals surface area contributed by atoms with Crippen molar-refractivity contribution in [1.82, 2.24) is 9.13 Å². The molecule has 0 aliphatic carbocycles. The van der Waals surface area contributed by atoms with Crippen molar-refractivity contribution in [3.8, 4) is 17.2 Å². The van der Waals surface area contributed by atoms with Crippen LogP contribution in [0.5, 0.6) is 0 Å². The van der Waals surface area contributed by atoms with Crippen LogP contribution in [0.1, 0.15) is 5.56 Å². The Morgan fingerprint density at radius 3 is 2.38 bits per heavy atom. The minimum atomic E-state index is -0.145.